The summed E-state index contributed by atoms with van der Waals surface area (Å²) < 4.78 is 2.50. The van der Waals surface area contributed by atoms with Crippen molar-refractivity contribution in [1.29, 1.82) is 0 Å². The maximum absolute atomic E-state index is 5.44. The van der Waals surface area contributed by atoms with Gasteiger partial charge in [0.15, 0.2) is 5.82 Å². The van der Waals surface area contributed by atoms with Crippen molar-refractivity contribution < 1.29 is 0 Å². The summed E-state index contributed by atoms with van der Waals surface area (Å²) >= 11 is 1.83. The predicted octanol–water partition coefficient (Wildman–Crippen LogP) is 12.9. The topological polar surface area (TPSA) is 38.7 Å². The molecule has 0 atom stereocenters. The third-order valence-electron chi connectivity index (χ3n) is 9.70. The molecule has 51 heavy (non-hydrogen) atoms. The van der Waals surface area contributed by atoms with Gasteiger partial charge in [0, 0.05) is 43.1 Å². The first-order valence-electron chi connectivity index (χ1n) is 17.1. The summed E-state index contributed by atoms with van der Waals surface area (Å²) in [6, 6.07) is 61.9. The van der Waals surface area contributed by atoms with Gasteiger partial charge >= 0.3 is 0 Å². The average Bonchev–Trinajstić information content (AvgIpc) is 3.61. The van der Waals surface area contributed by atoms with Crippen molar-refractivity contribution in [3.05, 3.63) is 176 Å². The van der Waals surface area contributed by atoms with Gasteiger partial charge in [0.05, 0.1) is 27.3 Å². The van der Waals surface area contributed by atoms with E-state index >= 15 is 0 Å². The van der Waals surface area contributed by atoms with Gasteiger partial charge in [-0.3, -0.25) is 0 Å². The van der Waals surface area contributed by atoms with Crippen molar-refractivity contribution in [3.8, 4) is 56.3 Å². The average molecular weight is 668 g/mol. The van der Waals surface area contributed by atoms with E-state index in [2.05, 4.69) is 140 Å². The molecule has 0 spiro atoms. The molecule has 0 aliphatic rings. The fourth-order valence-electron chi connectivity index (χ4n) is 7.18. The fraction of sp³-hybridized carbons (Fsp3) is 0. The van der Waals surface area contributed by atoms with E-state index in [1.807, 2.05) is 47.7 Å². The van der Waals surface area contributed by atoms with Crippen molar-refractivity contribution in [2.75, 3.05) is 0 Å². The number of aromatic nitrogens is 3. The Morgan fingerprint density at radius 3 is 1.78 bits per heavy atom. The lowest BCUT2D eigenvalue weighted by molar-refractivity contribution is 1.18. The highest BCUT2D eigenvalue weighted by molar-refractivity contribution is 7.26. The lowest BCUT2D eigenvalue weighted by Crippen LogP contribution is -1.95. The monoisotopic (exact) mass is 667 g/mol. The molecule has 3 heterocycles. The SMILES string of the molecule is c1ccc(-c2cc(-c3ccc(-c4ccc5c(c4)nc(-c4cccc6ccccc46)c4sc6ccccc6c45)cc3)nc(-c3ccccc3)n2)cc1. The van der Waals surface area contributed by atoms with Gasteiger partial charge in [-0.05, 0) is 40.1 Å². The Labute approximate surface area is 299 Å². The molecule has 3 nitrogen and oxygen atoms in total. The summed E-state index contributed by atoms with van der Waals surface area (Å²) in [7, 11) is 0. The van der Waals surface area contributed by atoms with Crippen LogP contribution in [0.5, 0.6) is 0 Å². The van der Waals surface area contributed by atoms with Gasteiger partial charge in [0.25, 0.3) is 0 Å². The first-order chi connectivity index (χ1) is 25.3. The van der Waals surface area contributed by atoms with E-state index in [4.69, 9.17) is 15.0 Å². The van der Waals surface area contributed by atoms with Gasteiger partial charge in [0.2, 0.25) is 0 Å². The second-order valence-electron chi connectivity index (χ2n) is 12.8. The van der Waals surface area contributed by atoms with Crippen LogP contribution >= 0.6 is 11.3 Å². The maximum atomic E-state index is 5.44. The Balaban J connectivity index is 1.10. The highest BCUT2D eigenvalue weighted by Gasteiger charge is 2.18. The molecule has 0 bridgehead atoms. The minimum atomic E-state index is 0.714. The second kappa shape index (κ2) is 12.1. The molecule has 0 radical (unpaired) electrons. The molecular weight excluding hydrogens is 639 g/mol. The molecule has 238 valence electrons. The quantitative estimate of drug-likeness (QED) is 0.183. The molecule has 4 heteroatoms. The summed E-state index contributed by atoms with van der Waals surface area (Å²) in [6.07, 6.45) is 0. The molecule has 3 aromatic heterocycles. The van der Waals surface area contributed by atoms with E-state index in [0.29, 0.717) is 5.82 Å². The summed E-state index contributed by atoms with van der Waals surface area (Å²) in [5.41, 5.74) is 10.3. The van der Waals surface area contributed by atoms with Crippen LogP contribution in [0.15, 0.2) is 176 Å². The van der Waals surface area contributed by atoms with Crippen LogP contribution in [0, 0.1) is 0 Å². The lowest BCUT2D eigenvalue weighted by atomic mass is 9.97. The summed E-state index contributed by atoms with van der Waals surface area (Å²) in [5.74, 6) is 0.714. The van der Waals surface area contributed by atoms with Gasteiger partial charge in [-0.25, -0.2) is 15.0 Å². The Kier molecular flexibility index (Phi) is 7.00. The lowest BCUT2D eigenvalue weighted by Gasteiger charge is -2.12. The molecule has 10 rings (SSSR count). The number of hydrogen-bond acceptors (Lipinski definition) is 4. The highest BCUT2D eigenvalue weighted by Crippen LogP contribution is 2.44. The van der Waals surface area contributed by atoms with Crippen LogP contribution in [-0.4, -0.2) is 15.0 Å². The van der Waals surface area contributed by atoms with Crippen LogP contribution in [0.1, 0.15) is 0 Å². The number of benzene rings is 7. The molecule has 0 saturated carbocycles. The first kappa shape index (κ1) is 29.4. The molecule has 0 unspecified atom stereocenters. The number of thiophene rings is 1. The van der Waals surface area contributed by atoms with Gasteiger partial charge in [0.1, 0.15) is 0 Å². The van der Waals surface area contributed by atoms with E-state index in [-0.39, 0.29) is 0 Å². The molecule has 0 saturated heterocycles. The summed E-state index contributed by atoms with van der Waals surface area (Å²) in [5, 5.41) is 6.16. The van der Waals surface area contributed by atoms with Crippen molar-refractivity contribution in [2.24, 2.45) is 0 Å². The van der Waals surface area contributed by atoms with Crippen LogP contribution in [0.2, 0.25) is 0 Å². The Morgan fingerprint density at radius 2 is 1.00 bits per heavy atom. The first-order valence-corrected chi connectivity index (χ1v) is 17.9. The number of hydrogen-bond donors (Lipinski definition) is 0. The predicted molar refractivity (Wildman–Crippen MR) is 215 cm³/mol. The third kappa shape index (κ3) is 5.16. The van der Waals surface area contributed by atoms with E-state index in [1.165, 1.54) is 36.3 Å². The van der Waals surface area contributed by atoms with E-state index < -0.39 is 0 Å². The van der Waals surface area contributed by atoms with Crippen molar-refractivity contribution >= 4 is 53.2 Å². The van der Waals surface area contributed by atoms with Gasteiger partial charge in [-0.1, -0.05) is 158 Å². The van der Waals surface area contributed by atoms with Gasteiger partial charge in [-0.15, -0.1) is 11.3 Å². The largest absolute Gasteiger partial charge is 0.246 e. The minimum Gasteiger partial charge on any atom is -0.246 e. The zero-order valence-electron chi connectivity index (χ0n) is 27.5. The molecule has 10 aromatic rings. The number of rotatable bonds is 5. The highest BCUT2D eigenvalue weighted by atomic mass is 32.1. The van der Waals surface area contributed by atoms with Crippen LogP contribution in [0.3, 0.4) is 0 Å². The molecular formula is C47H29N3S. The zero-order chi connectivity index (χ0) is 33.7. The maximum Gasteiger partial charge on any atom is 0.160 e. The molecule has 0 aliphatic carbocycles. The summed E-state index contributed by atoms with van der Waals surface area (Å²) in [4.78, 5) is 15.4. The van der Waals surface area contributed by atoms with Crippen LogP contribution in [-0.2, 0) is 0 Å². The molecule has 0 N–H and O–H groups in total. The smallest absolute Gasteiger partial charge is 0.160 e. The zero-order valence-corrected chi connectivity index (χ0v) is 28.3. The Bertz CT molecular complexity index is 2830. The molecule has 0 fully saturated rings. The van der Waals surface area contributed by atoms with Crippen molar-refractivity contribution in [3.63, 3.8) is 0 Å². The van der Waals surface area contributed by atoms with E-state index in [0.717, 1.165) is 56.0 Å². The number of pyridine rings is 1. The Hall–Kier alpha value is -6.49. The van der Waals surface area contributed by atoms with E-state index in [1.54, 1.807) is 0 Å². The summed E-state index contributed by atoms with van der Waals surface area (Å²) in [6.45, 7) is 0. The molecule has 0 amide bonds. The van der Waals surface area contributed by atoms with Gasteiger partial charge < -0.3 is 0 Å². The third-order valence-corrected chi connectivity index (χ3v) is 10.9. The van der Waals surface area contributed by atoms with Crippen LogP contribution in [0.25, 0.3) is 98.1 Å². The van der Waals surface area contributed by atoms with E-state index in [9.17, 15) is 0 Å². The second-order valence-corrected chi connectivity index (χ2v) is 13.8. The van der Waals surface area contributed by atoms with Crippen LogP contribution in [0.4, 0.5) is 0 Å². The van der Waals surface area contributed by atoms with Crippen molar-refractivity contribution in [1.82, 2.24) is 15.0 Å². The minimum absolute atomic E-state index is 0.714. The van der Waals surface area contributed by atoms with Crippen LogP contribution < -0.4 is 0 Å². The standard InChI is InChI=1S/C47H29N3S/c1-3-13-32(14-4-1)40-29-41(50-47(49-40)34-15-5-2-6-16-34)33-24-22-30(23-25-33)35-26-27-38-42(28-35)48-45(37-20-11-17-31-12-7-8-18-36(31)37)46-44(38)39-19-9-10-21-43(39)51-46/h1-29H. The molecule has 7 aromatic carbocycles. The number of nitrogens with zero attached hydrogens (tertiary/aromatic N) is 3. The van der Waals surface area contributed by atoms with Gasteiger partial charge in [-0.2, -0.15) is 0 Å². The molecule has 0 aliphatic heterocycles. The normalized spacial score (nSPS) is 11.5. The Morgan fingerprint density at radius 1 is 0.392 bits per heavy atom. The number of fused-ring (bicyclic) bond motifs is 6. The van der Waals surface area contributed by atoms with Crippen molar-refractivity contribution in [2.45, 2.75) is 0 Å². The fourth-order valence-corrected chi connectivity index (χ4v) is 8.40.